The second-order valence-corrected chi connectivity index (χ2v) is 4.38. The summed E-state index contributed by atoms with van der Waals surface area (Å²) in [6.45, 7) is 1.87. The van der Waals surface area contributed by atoms with Crippen LogP contribution in [0.25, 0.3) is 10.1 Å². The van der Waals surface area contributed by atoms with Crippen LogP contribution >= 0.6 is 22.9 Å². The van der Waals surface area contributed by atoms with Crippen LogP contribution in [0.4, 0.5) is 8.78 Å². The number of aryl methyl sites for hydroxylation is 1. The Bertz CT molecular complexity index is 476. The molecule has 1 aromatic carbocycles. The molecule has 0 N–H and O–H groups in total. The first-order valence-corrected chi connectivity index (χ1v) is 5.31. The maximum Gasteiger partial charge on any atom is 0.265 e. The topological polar surface area (TPSA) is 0 Å². The van der Waals surface area contributed by atoms with Crippen LogP contribution in [0.3, 0.4) is 0 Å². The van der Waals surface area contributed by atoms with Crippen LogP contribution < -0.4 is 0 Å². The van der Waals surface area contributed by atoms with Gasteiger partial charge in [-0.15, -0.1) is 11.3 Å². The van der Waals surface area contributed by atoms with E-state index in [0.717, 1.165) is 10.3 Å². The molecule has 0 aliphatic carbocycles. The molecule has 0 atom stereocenters. The summed E-state index contributed by atoms with van der Waals surface area (Å²) in [6, 6.07) is 3.29. The van der Waals surface area contributed by atoms with Gasteiger partial charge in [-0.05, 0) is 30.0 Å². The van der Waals surface area contributed by atoms with Gasteiger partial charge in [-0.25, -0.2) is 8.78 Å². The summed E-state index contributed by atoms with van der Waals surface area (Å²) in [5.41, 5.74) is 0.901. The predicted octanol–water partition coefficient (Wildman–Crippen LogP) is 4.80. The van der Waals surface area contributed by atoms with E-state index in [-0.39, 0.29) is 10.6 Å². The molecule has 0 fully saturated rings. The highest BCUT2D eigenvalue weighted by Gasteiger charge is 2.17. The second kappa shape index (κ2) is 3.48. The maximum absolute atomic E-state index is 12.7. The first-order chi connectivity index (χ1) is 6.61. The fraction of sp³-hybridized carbons (Fsp3) is 0.200. The van der Waals surface area contributed by atoms with Gasteiger partial charge < -0.3 is 0 Å². The Hall–Kier alpha value is -0.670. The third-order valence-corrected chi connectivity index (χ3v) is 3.49. The summed E-state index contributed by atoms with van der Waals surface area (Å²) in [6.07, 6.45) is -2.51. The average molecular weight is 233 g/mol. The summed E-state index contributed by atoms with van der Waals surface area (Å²) in [5.74, 6) is 0. The van der Waals surface area contributed by atoms with E-state index in [1.165, 1.54) is 11.3 Å². The smallest absolute Gasteiger partial charge is 0.205 e. The van der Waals surface area contributed by atoms with E-state index < -0.39 is 6.43 Å². The monoisotopic (exact) mass is 232 g/mol. The number of halogens is 3. The summed E-state index contributed by atoms with van der Waals surface area (Å²) in [7, 11) is 0. The third-order valence-electron chi connectivity index (χ3n) is 2.13. The van der Waals surface area contributed by atoms with E-state index in [4.69, 9.17) is 11.6 Å². The van der Waals surface area contributed by atoms with Crippen molar-refractivity contribution in [3.8, 4) is 0 Å². The van der Waals surface area contributed by atoms with Gasteiger partial charge in [0.1, 0.15) is 0 Å². The Labute approximate surface area is 89.1 Å². The first kappa shape index (κ1) is 9.87. The van der Waals surface area contributed by atoms with Crippen molar-refractivity contribution in [1.29, 1.82) is 0 Å². The van der Waals surface area contributed by atoms with Crippen molar-refractivity contribution in [3.05, 3.63) is 33.7 Å². The molecule has 14 heavy (non-hydrogen) atoms. The SMILES string of the molecule is Cc1cc(Cl)c(C(F)F)c2ccsc12. The summed E-state index contributed by atoms with van der Waals surface area (Å²) < 4.78 is 26.3. The highest BCUT2D eigenvalue weighted by atomic mass is 35.5. The molecule has 1 aromatic heterocycles. The largest absolute Gasteiger partial charge is 0.265 e. The molecular formula is C10H7ClF2S. The molecule has 0 aliphatic rings. The van der Waals surface area contributed by atoms with Crippen molar-refractivity contribution in [3.63, 3.8) is 0 Å². The van der Waals surface area contributed by atoms with Crippen LogP contribution in [0.5, 0.6) is 0 Å². The number of fused-ring (bicyclic) bond motifs is 1. The number of alkyl halides is 2. The molecule has 0 saturated heterocycles. The van der Waals surface area contributed by atoms with E-state index in [9.17, 15) is 8.78 Å². The molecule has 0 aliphatic heterocycles. The van der Waals surface area contributed by atoms with Crippen molar-refractivity contribution in [1.82, 2.24) is 0 Å². The molecule has 0 nitrogen and oxygen atoms in total. The Morgan fingerprint density at radius 2 is 2.14 bits per heavy atom. The highest BCUT2D eigenvalue weighted by molar-refractivity contribution is 7.17. The second-order valence-electron chi connectivity index (χ2n) is 3.05. The van der Waals surface area contributed by atoms with Gasteiger partial charge in [-0.3, -0.25) is 0 Å². The Morgan fingerprint density at radius 1 is 1.43 bits per heavy atom. The lowest BCUT2D eigenvalue weighted by Gasteiger charge is -2.06. The van der Waals surface area contributed by atoms with Crippen LogP contribution in [0, 0.1) is 6.92 Å². The van der Waals surface area contributed by atoms with Gasteiger partial charge in [0.25, 0.3) is 6.43 Å². The molecule has 0 spiro atoms. The van der Waals surface area contributed by atoms with Gasteiger partial charge in [-0.1, -0.05) is 11.6 Å². The minimum atomic E-state index is -2.51. The fourth-order valence-corrected chi connectivity index (χ4v) is 2.75. The Balaban J connectivity index is 2.86. The van der Waals surface area contributed by atoms with Gasteiger partial charge in [0, 0.05) is 15.6 Å². The summed E-state index contributed by atoms with van der Waals surface area (Å²) in [5, 5.41) is 2.54. The molecule has 1 heterocycles. The van der Waals surface area contributed by atoms with Gasteiger partial charge in [0.15, 0.2) is 0 Å². The lowest BCUT2D eigenvalue weighted by atomic mass is 10.1. The van der Waals surface area contributed by atoms with E-state index in [1.54, 1.807) is 17.5 Å². The zero-order valence-electron chi connectivity index (χ0n) is 7.35. The van der Waals surface area contributed by atoms with Crippen molar-refractivity contribution < 1.29 is 8.78 Å². The molecule has 2 rings (SSSR count). The van der Waals surface area contributed by atoms with Gasteiger partial charge >= 0.3 is 0 Å². The average Bonchev–Trinajstić information content (AvgIpc) is 2.51. The summed E-state index contributed by atoms with van der Waals surface area (Å²) >= 11 is 7.25. The molecule has 0 radical (unpaired) electrons. The summed E-state index contributed by atoms with van der Waals surface area (Å²) in [4.78, 5) is 0. The van der Waals surface area contributed by atoms with E-state index >= 15 is 0 Å². The molecule has 74 valence electrons. The number of thiophene rings is 1. The standard InChI is InChI=1S/C10H7ClF2S/c1-5-4-7(11)8(10(12)13)6-2-3-14-9(5)6/h2-4,10H,1H3. The normalized spacial score (nSPS) is 11.5. The molecule has 0 bridgehead atoms. The van der Waals surface area contributed by atoms with E-state index in [0.29, 0.717) is 5.39 Å². The molecule has 0 amide bonds. The van der Waals surface area contributed by atoms with Gasteiger partial charge in [0.05, 0.1) is 5.02 Å². The number of benzene rings is 1. The number of rotatable bonds is 1. The lowest BCUT2D eigenvalue weighted by Crippen LogP contribution is -1.88. The van der Waals surface area contributed by atoms with Crippen LogP contribution in [-0.2, 0) is 0 Å². The first-order valence-electron chi connectivity index (χ1n) is 4.05. The fourth-order valence-electron chi connectivity index (χ4n) is 1.51. The van der Waals surface area contributed by atoms with Crippen LogP contribution in [0.1, 0.15) is 17.6 Å². The minimum absolute atomic E-state index is 0.0477. The highest BCUT2D eigenvalue weighted by Crippen LogP contribution is 2.38. The van der Waals surface area contributed by atoms with E-state index in [1.807, 2.05) is 6.92 Å². The zero-order valence-corrected chi connectivity index (χ0v) is 8.92. The van der Waals surface area contributed by atoms with Gasteiger partial charge in [-0.2, -0.15) is 0 Å². The zero-order chi connectivity index (χ0) is 10.3. The van der Waals surface area contributed by atoms with Crippen LogP contribution in [-0.4, -0.2) is 0 Å². The van der Waals surface area contributed by atoms with Crippen molar-refractivity contribution >= 4 is 33.0 Å². The minimum Gasteiger partial charge on any atom is -0.205 e. The van der Waals surface area contributed by atoms with Crippen molar-refractivity contribution in [2.75, 3.05) is 0 Å². The maximum atomic E-state index is 12.7. The lowest BCUT2D eigenvalue weighted by molar-refractivity contribution is 0.153. The third kappa shape index (κ3) is 1.41. The number of hydrogen-bond acceptors (Lipinski definition) is 1. The molecule has 0 saturated carbocycles. The molecule has 4 heteroatoms. The number of hydrogen-bond donors (Lipinski definition) is 0. The van der Waals surface area contributed by atoms with E-state index in [2.05, 4.69) is 0 Å². The van der Waals surface area contributed by atoms with Gasteiger partial charge in [0.2, 0.25) is 0 Å². The molecular weight excluding hydrogens is 226 g/mol. The van der Waals surface area contributed by atoms with Crippen LogP contribution in [0.15, 0.2) is 17.5 Å². The van der Waals surface area contributed by atoms with Crippen LogP contribution in [0.2, 0.25) is 5.02 Å². The van der Waals surface area contributed by atoms with Crippen molar-refractivity contribution in [2.24, 2.45) is 0 Å². The Kier molecular flexibility index (Phi) is 2.45. The predicted molar refractivity (Wildman–Crippen MR) is 56.5 cm³/mol. The molecule has 0 unspecified atom stereocenters. The quantitative estimate of drug-likeness (QED) is 0.663. The van der Waals surface area contributed by atoms with Crippen molar-refractivity contribution in [2.45, 2.75) is 13.3 Å². The molecule has 2 aromatic rings. The Morgan fingerprint density at radius 3 is 2.79 bits per heavy atom.